The van der Waals surface area contributed by atoms with Gasteiger partial charge in [0.25, 0.3) is 0 Å². The van der Waals surface area contributed by atoms with Crippen LogP contribution in [0.25, 0.3) is 0 Å². The highest BCUT2D eigenvalue weighted by molar-refractivity contribution is 7.07. The molecular formula is C14H27N3S. The van der Waals surface area contributed by atoms with E-state index in [1.54, 1.807) is 11.3 Å². The third kappa shape index (κ3) is 4.67. The molecule has 0 unspecified atom stereocenters. The van der Waals surface area contributed by atoms with E-state index >= 15 is 0 Å². The van der Waals surface area contributed by atoms with Crippen LogP contribution in [0.15, 0.2) is 10.9 Å². The zero-order chi connectivity index (χ0) is 13.4. The second kappa shape index (κ2) is 7.87. The predicted octanol–water partition coefficient (Wildman–Crippen LogP) is 2.99. The number of nitrogens with one attached hydrogen (secondary N) is 1. The Hall–Kier alpha value is -0.450. The predicted molar refractivity (Wildman–Crippen MR) is 80.0 cm³/mol. The zero-order valence-corrected chi connectivity index (χ0v) is 13.0. The molecule has 1 aromatic heterocycles. The Balaban J connectivity index is 2.53. The normalized spacial score (nSPS) is 12.3. The molecule has 0 aliphatic heterocycles. The van der Waals surface area contributed by atoms with Crippen LogP contribution in [0.5, 0.6) is 0 Å². The summed E-state index contributed by atoms with van der Waals surface area (Å²) >= 11 is 1.67. The lowest BCUT2D eigenvalue weighted by Crippen LogP contribution is -2.42. The largest absolute Gasteiger partial charge is 0.316 e. The first-order valence-corrected chi connectivity index (χ1v) is 7.86. The molecule has 0 radical (unpaired) electrons. The maximum Gasteiger partial charge on any atom is 0.0795 e. The van der Waals surface area contributed by atoms with E-state index in [9.17, 15) is 0 Å². The number of hydrogen-bond donors (Lipinski definition) is 1. The van der Waals surface area contributed by atoms with E-state index in [-0.39, 0.29) is 0 Å². The van der Waals surface area contributed by atoms with Gasteiger partial charge in [0.05, 0.1) is 11.2 Å². The third-order valence-corrected chi connectivity index (χ3v) is 4.41. The SMILES string of the molecule is CCNCC(CC)(CC)CN(C)Cc1cscn1. The van der Waals surface area contributed by atoms with Gasteiger partial charge in [0.15, 0.2) is 0 Å². The fraction of sp³-hybridized carbons (Fsp3) is 0.786. The van der Waals surface area contributed by atoms with Gasteiger partial charge >= 0.3 is 0 Å². The summed E-state index contributed by atoms with van der Waals surface area (Å²) in [5.74, 6) is 0. The Kier molecular flexibility index (Phi) is 6.82. The Morgan fingerprint density at radius 1 is 1.33 bits per heavy atom. The van der Waals surface area contributed by atoms with E-state index < -0.39 is 0 Å². The highest BCUT2D eigenvalue weighted by Gasteiger charge is 2.27. The molecule has 1 heterocycles. The fourth-order valence-electron chi connectivity index (χ4n) is 2.39. The molecule has 0 amide bonds. The highest BCUT2D eigenvalue weighted by atomic mass is 32.1. The summed E-state index contributed by atoms with van der Waals surface area (Å²) < 4.78 is 0. The second-order valence-corrected chi connectivity index (χ2v) is 5.86. The van der Waals surface area contributed by atoms with Gasteiger partial charge in [-0.15, -0.1) is 11.3 Å². The Bertz CT molecular complexity index is 307. The van der Waals surface area contributed by atoms with Gasteiger partial charge in [-0.1, -0.05) is 20.8 Å². The number of aromatic nitrogens is 1. The van der Waals surface area contributed by atoms with Crippen molar-refractivity contribution < 1.29 is 0 Å². The maximum absolute atomic E-state index is 4.36. The summed E-state index contributed by atoms with van der Waals surface area (Å²) in [6, 6.07) is 0. The molecule has 0 aromatic carbocycles. The molecule has 1 aromatic rings. The first kappa shape index (κ1) is 15.6. The van der Waals surface area contributed by atoms with E-state index in [2.05, 4.69) is 48.4 Å². The average molecular weight is 269 g/mol. The van der Waals surface area contributed by atoms with E-state index in [0.29, 0.717) is 5.41 Å². The molecule has 4 heteroatoms. The summed E-state index contributed by atoms with van der Waals surface area (Å²) in [4.78, 5) is 6.76. The molecule has 0 atom stereocenters. The number of hydrogen-bond acceptors (Lipinski definition) is 4. The van der Waals surface area contributed by atoms with Crippen molar-refractivity contribution in [2.45, 2.75) is 40.2 Å². The number of nitrogens with zero attached hydrogens (tertiary/aromatic N) is 2. The lowest BCUT2D eigenvalue weighted by Gasteiger charge is -2.36. The standard InChI is InChI=1S/C14H27N3S/c1-5-14(6-2,10-15-7-3)11-17(4)8-13-9-18-12-16-13/h9,12,15H,5-8,10-11H2,1-4H3. The first-order valence-electron chi connectivity index (χ1n) is 6.92. The van der Waals surface area contributed by atoms with Crippen molar-refractivity contribution in [1.82, 2.24) is 15.2 Å². The monoisotopic (exact) mass is 269 g/mol. The van der Waals surface area contributed by atoms with E-state index in [1.165, 1.54) is 18.5 Å². The Labute approximate surface area is 116 Å². The minimum atomic E-state index is 0.390. The van der Waals surface area contributed by atoms with Crippen molar-refractivity contribution in [2.75, 3.05) is 26.7 Å². The van der Waals surface area contributed by atoms with Crippen LogP contribution in [0.1, 0.15) is 39.3 Å². The quantitative estimate of drug-likeness (QED) is 0.747. The molecule has 0 aliphatic carbocycles. The van der Waals surface area contributed by atoms with Crippen LogP contribution in [0.3, 0.4) is 0 Å². The highest BCUT2D eigenvalue weighted by Crippen LogP contribution is 2.27. The fourth-order valence-corrected chi connectivity index (χ4v) is 2.94. The van der Waals surface area contributed by atoms with Gasteiger partial charge in [-0.2, -0.15) is 0 Å². The van der Waals surface area contributed by atoms with E-state index in [0.717, 1.165) is 26.2 Å². The average Bonchev–Trinajstić information content (AvgIpc) is 2.87. The summed E-state index contributed by atoms with van der Waals surface area (Å²) in [5.41, 5.74) is 3.49. The molecule has 0 saturated carbocycles. The van der Waals surface area contributed by atoms with Crippen LogP contribution >= 0.6 is 11.3 Å². The summed E-state index contributed by atoms with van der Waals surface area (Å²) in [6.45, 7) is 11.0. The smallest absolute Gasteiger partial charge is 0.0795 e. The molecule has 104 valence electrons. The molecule has 3 nitrogen and oxygen atoms in total. The van der Waals surface area contributed by atoms with Crippen LogP contribution < -0.4 is 5.32 Å². The van der Waals surface area contributed by atoms with Crippen LogP contribution in [-0.4, -0.2) is 36.6 Å². The summed E-state index contributed by atoms with van der Waals surface area (Å²) in [7, 11) is 2.20. The van der Waals surface area contributed by atoms with Crippen molar-refractivity contribution in [3.05, 3.63) is 16.6 Å². The van der Waals surface area contributed by atoms with Gasteiger partial charge in [-0.05, 0) is 31.8 Å². The van der Waals surface area contributed by atoms with E-state index in [1.807, 2.05) is 5.51 Å². The lowest BCUT2D eigenvalue weighted by molar-refractivity contribution is 0.150. The lowest BCUT2D eigenvalue weighted by atomic mass is 9.81. The minimum absolute atomic E-state index is 0.390. The number of rotatable bonds is 9. The minimum Gasteiger partial charge on any atom is -0.316 e. The van der Waals surface area contributed by atoms with Gasteiger partial charge in [-0.25, -0.2) is 4.98 Å². The topological polar surface area (TPSA) is 28.2 Å². The van der Waals surface area contributed by atoms with Gasteiger partial charge < -0.3 is 5.32 Å². The third-order valence-electron chi connectivity index (χ3n) is 3.77. The van der Waals surface area contributed by atoms with Crippen LogP contribution in [0, 0.1) is 5.41 Å². The van der Waals surface area contributed by atoms with Gasteiger partial charge in [0, 0.05) is 25.0 Å². The zero-order valence-electron chi connectivity index (χ0n) is 12.2. The van der Waals surface area contributed by atoms with Crippen LogP contribution in [0.4, 0.5) is 0 Å². The maximum atomic E-state index is 4.36. The van der Waals surface area contributed by atoms with E-state index in [4.69, 9.17) is 0 Å². The first-order chi connectivity index (χ1) is 8.65. The van der Waals surface area contributed by atoms with Crippen molar-refractivity contribution >= 4 is 11.3 Å². The second-order valence-electron chi connectivity index (χ2n) is 5.14. The molecule has 0 spiro atoms. The Morgan fingerprint density at radius 3 is 2.56 bits per heavy atom. The molecule has 1 N–H and O–H groups in total. The summed E-state index contributed by atoms with van der Waals surface area (Å²) in [5, 5.41) is 5.65. The molecule has 1 rings (SSSR count). The van der Waals surface area contributed by atoms with Crippen LogP contribution in [-0.2, 0) is 6.54 Å². The van der Waals surface area contributed by atoms with Gasteiger partial charge in [0.1, 0.15) is 0 Å². The molecule has 0 fully saturated rings. The molecule has 0 bridgehead atoms. The van der Waals surface area contributed by atoms with Crippen molar-refractivity contribution in [3.8, 4) is 0 Å². The van der Waals surface area contributed by atoms with Crippen LogP contribution in [0.2, 0.25) is 0 Å². The summed E-state index contributed by atoms with van der Waals surface area (Å²) in [6.07, 6.45) is 2.44. The molecule has 0 saturated heterocycles. The van der Waals surface area contributed by atoms with Crippen molar-refractivity contribution in [3.63, 3.8) is 0 Å². The molecule has 18 heavy (non-hydrogen) atoms. The van der Waals surface area contributed by atoms with Crippen molar-refractivity contribution in [1.29, 1.82) is 0 Å². The van der Waals surface area contributed by atoms with Gasteiger partial charge in [-0.3, -0.25) is 4.90 Å². The number of thiazole rings is 1. The molecular weight excluding hydrogens is 242 g/mol. The van der Waals surface area contributed by atoms with Gasteiger partial charge in [0.2, 0.25) is 0 Å². The van der Waals surface area contributed by atoms with Crippen molar-refractivity contribution in [2.24, 2.45) is 5.41 Å². The Morgan fingerprint density at radius 2 is 2.06 bits per heavy atom. The molecule has 0 aliphatic rings.